The second-order valence-corrected chi connectivity index (χ2v) is 7.97. The summed E-state index contributed by atoms with van der Waals surface area (Å²) in [7, 11) is -5.48. The van der Waals surface area contributed by atoms with E-state index in [2.05, 4.69) is 0 Å². The van der Waals surface area contributed by atoms with Gasteiger partial charge < -0.3 is 15.3 Å². The predicted octanol–water partition coefficient (Wildman–Crippen LogP) is 3.36. The maximum Gasteiger partial charge on any atom is 0.584 e. The van der Waals surface area contributed by atoms with Crippen molar-refractivity contribution in [2.45, 2.75) is 41.5 Å². The van der Waals surface area contributed by atoms with Crippen LogP contribution in [0.25, 0.3) is 0 Å². The summed E-state index contributed by atoms with van der Waals surface area (Å²) in [5, 5.41) is 24.0. The maximum atomic E-state index is 11.8. The Balaban J connectivity index is -0.000000122. The molecule has 0 aliphatic carbocycles. The summed E-state index contributed by atoms with van der Waals surface area (Å²) < 4.78 is 35.3. The summed E-state index contributed by atoms with van der Waals surface area (Å²) in [6.07, 6.45) is 0. The number of rotatable bonds is 4. The van der Waals surface area contributed by atoms with E-state index in [0.717, 1.165) is 12.1 Å². The molecule has 0 aliphatic heterocycles. The van der Waals surface area contributed by atoms with Crippen LogP contribution in [-0.4, -0.2) is 44.2 Å². The molecule has 150 valence electrons. The van der Waals surface area contributed by atoms with E-state index >= 15 is 0 Å². The van der Waals surface area contributed by atoms with Crippen molar-refractivity contribution >= 4 is 14.3 Å². The molecule has 0 spiro atoms. The first kappa shape index (κ1) is 32.8. The fraction of sp³-hybridized carbons (Fsp3) is 0.706. The molecule has 25 heavy (non-hydrogen) atoms. The molecule has 1 aromatic carbocycles. The molecule has 0 atom stereocenters. The van der Waals surface area contributed by atoms with E-state index in [1.807, 2.05) is 41.5 Å². The Morgan fingerprint density at radius 2 is 0.920 bits per heavy atom. The van der Waals surface area contributed by atoms with Gasteiger partial charge in [-0.2, -0.15) is 12.1 Å². The Hall–Kier alpha value is 0.107. The van der Waals surface area contributed by atoms with Gasteiger partial charge in [-0.15, -0.1) is 0 Å². The van der Waals surface area contributed by atoms with Crippen LogP contribution in [0.15, 0.2) is 24.3 Å². The zero-order valence-corrected chi connectivity index (χ0v) is 20.7. The van der Waals surface area contributed by atoms with E-state index in [-0.39, 0.29) is 25.8 Å². The van der Waals surface area contributed by atoms with Crippen molar-refractivity contribution in [3.63, 3.8) is 0 Å². The van der Waals surface area contributed by atoms with Gasteiger partial charge in [0.25, 0.3) is 0 Å². The van der Waals surface area contributed by atoms with E-state index < -0.39 is 14.3 Å². The second kappa shape index (κ2) is 20.4. The molecule has 3 N–H and O–H groups in total. The van der Waals surface area contributed by atoms with Gasteiger partial charge in [0.15, 0.2) is 0 Å². The third-order valence-corrected chi connectivity index (χ3v) is 3.07. The summed E-state index contributed by atoms with van der Waals surface area (Å²) >= 11 is 0. The smallest absolute Gasteiger partial charge is 0.396 e. The van der Waals surface area contributed by atoms with Gasteiger partial charge in [0.05, 0.1) is 0 Å². The van der Waals surface area contributed by atoms with Gasteiger partial charge in [-0.1, -0.05) is 46.7 Å². The summed E-state index contributed by atoms with van der Waals surface area (Å²) in [5.74, 6) is 1.32. The number of aliphatic hydroxyl groups excluding tert-OH is 3. The van der Waals surface area contributed by atoms with Crippen LogP contribution in [0.3, 0.4) is 0 Å². The Morgan fingerprint density at radius 3 is 1.00 bits per heavy atom. The molecule has 1 rings (SSSR count). The van der Waals surface area contributed by atoms with Crippen LogP contribution >= 0.6 is 0 Å². The molecule has 0 saturated heterocycles. The van der Waals surface area contributed by atoms with Gasteiger partial charge in [-0.3, -0.25) is 0 Å². The average molecular weight is 550 g/mol. The number of hydrogen-bond acceptors (Lipinski definition) is 3. The summed E-state index contributed by atoms with van der Waals surface area (Å²) in [4.78, 5) is 0. The Morgan fingerprint density at radius 1 is 0.720 bits per heavy atom. The monoisotopic (exact) mass is 551 g/mol. The maximum absolute atomic E-state index is 11.8. The van der Waals surface area contributed by atoms with Crippen LogP contribution in [0.1, 0.15) is 41.5 Å². The molecule has 0 radical (unpaired) electrons. The molecule has 8 heteroatoms. The minimum absolute atomic E-state index is 0. The molecule has 0 fully saturated rings. The van der Waals surface area contributed by atoms with Crippen LogP contribution in [0.2, 0.25) is 0 Å². The van der Waals surface area contributed by atoms with Crippen LogP contribution in [-0.2, 0) is 25.8 Å². The molecule has 0 amide bonds. The van der Waals surface area contributed by atoms with E-state index in [0.29, 0.717) is 37.6 Å². The van der Waals surface area contributed by atoms with Crippen molar-refractivity contribution in [3.05, 3.63) is 24.3 Å². The van der Waals surface area contributed by atoms with Gasteiger partial charge in [0.2, 0.25) is 0 Å². The van der Waals surface area contributed by atoms with Gasteiger partial charge in [-0.05, 0) is 17.8 Å². The number of halogens is 3. The number of hydrogen-bond donors (Lipinski definition) is 3. The zero-order chi connectivity index (χ0) is 19.8. The molecule has 0 saturated carbocycles. The van der Waals surface area contributed by atoms with E-state index in [1.54, 1.807) is 0 Å². The Kier molecular flexibility index (Phi) is 26.8. The minimum Gasteiger partial charge on any atom is -0.396 e. The molecule has 0 aromatic heterocycles. The Labute approximate surface area is 171 Å². The first-order chi connectivity index (χ1) is 10.9. The van der Waals surface area contributed by atoms with Crippen molar-refractivity contribution in [3.8, 4) is 0 Å². The minimum atomic E-state index is -5.48. The van der Waals surface area contributed by atoms with Crippen molar-refractivity contribution in [1.82, 2.24) is 0 Å². The molecule has 1 aromatic rings. The van der Waals surface area contributed by atoms with E-state index in [4.69, 9.17) is 15.3 Å². The van der Waals surface area contributed by atoms with Crippen molar-refractivity contribution in [1.29, 1.82) is 0 Å². The predicted molar refractivity (Wildman–Crippen MR) is 96.5 cm³/mol. The largest absolute Gasteiger partial charge is 0.584 e. The first-order valence-corrected chi connectivity index (χ1v) is 9.67. The van der Waals surface area contributed by atoms with E-state index in [9.17, 15) is 12.3 Å². The SMILES string of the molecule is CC(C)CO.CC(C)CO.CC(C)CO.F[Si](F)(F)[c-]1cccc1.[Hf]. The van der Waals surface area contributed by atoms with Gasteiger partial charge in [0.1, 0.15) is 0 Å². The molecule has 0 heterocycles. The van der Waals surface area contributed by atoms with Crippen molar-refractivity contribution < 1.29 is 53.5 Å². The van der Waals surface area contributed by atoms with Crippen LogP contribution in [0, 0.1) is 17.8 Å². The second-order valence-electron chi connectivity index (χ2n) is 6.40. The van der Waals surface area contributed by atoms with E-state index in [1.165, 1.54) is 12.1 Å². The van der Waals surface area contributed by atoms with Gasteiger partial charge >= 0.3 is 9.08 Å². The van der Waals surface area contributed by atoms with Crippen LogP contribution < -0.4 is 5.19 Å². The molecule has 3 nitrogen and oxygen atoms in total. The average Bonchev–Trinajstić information content (AvgIpc) is 3.03. The number of aliphatic hydroxyl groups is 3. The normalized spacial score (nSPS) is 10.0. The van der Waals surface area contributed by atoms with Gasteiger partial charge in [-0.25, -0.2) is 24.5 Å². The molecule has 0 aliphatic rings. The van der Waals surface area contributed by atoms with Crippen LogP contribution in [0.4, 0.5) is 12.3 Å². The summed E-state index contributed by atoms with van der Waals surface area (Å²) in [6, 6.07) is 5.00. The first-order valence-electron chi connectivity index (χ1n) is 8.03. The third-order valence-electron chi connectivity index (χ3n) is 2.09. The molecule has 0 unspecified atom stereocenters. The summed E-state index contributed by atoms with van der Waals surface area (Å²) in [5.41, 5.74) is 0. The fourth-order valence-corrected chi connectivity index (χ4v) is 1.13. The molecular weight excluding hydrogens is 516 g/mol. The molecular formula is C17H34F3HfO3Si-. The van der Waals surface area contributed by atoms with Crippen molar-refractivity contribution in [2.24, 2.45) is 17.8 Å². The quantitative estimate of drug-likeness (QED) is 0.307. The fourth-order valence-electron chi connectivity index (χ4n) is 0.563. The Bertz CT molecular complexity index is 324. The third kappa shape index (κ3) is 32.3. The molecule has 0 bridgehead atoms. The standard InChI is InChI=1S/C5H4F3Si.3C4H10O.Hf/c6-9(7,8)5-3-1-2-4-5;3*1-4(2)3-5;/h1-4H;3*4-5H,3H2,1-2H3;/q-1;;;;. The van der Waals surface area contributed by atoms with Gasteiger partial charge in [0, 0.05) is 45.7 Å². The summed E-state index contributed by atoms with van der Waals surface area (Å²) in [6.45, 7) is 12.7. The van der Waals surface area contributed by atoms with Crippen LogP contribution in [0.5, 0.6) is 0 Å². The zero-order valence-electron chi connectivity index (χ0n) is 16.1. The topological polar surface area (TPSA) is 60.7 Å². The van der Waals surface area contributed by atoms with Crippen molar-refractivity contribution in [2.75, 3.05) is 19.8 Å².